The number of aromatic nitrogens is 1. The van der Waals surface area contributed by atoms with Gasteiger partial charge in [0.05, 0.1) is 12.8 Å². The second kappa shape index (κ2) is 3.11. The maximum atomic E-state index is 12.8. The van der Waals surface area contributed by atoms with Gasteiger partial charge in [0.15, 0.2) is 0 Å². The van der Waals surface area contributed by atoms with Crippen molar-refractivity contribution in [3.63, 3.8) is 0 Å². The van der Waals surface area contributed by atoms with Gasteiger partial charge < -0.3 is 0 Å². The van der Waals surface area contributed by atoms with Crippen LogP contribution < -0.4 is 0 Å². The van der Waals surface area contributed by atoms with Crippen LogP contribution in [-0.2, 0) is 6.42 Å². The van der Waals surface area contributed by atoms with Crippen molar-refractivity contribution in [3.05, 3.63) is 35.2 Å². The Morgan fingerprint density at radius 1 is 1.64 bits per heavy atom. The predicted octanol–water partition coefficient (Wildman–Crippen LogP) is 2.33. The third-order valence-corrected chi connectivity index (χ3v) is 1.46. The molecule has 11 heavy (non-hydrogen) atoms. The Hall–Kier alpha value is -1.43. The van der Waals surface area contributed by atoms with Crippen molar-refractivity contribution in [2.75, 3.05) is 0 Å². The molecule has 2 nitrogen and oxygen atoms in total. The second-order valence-corrected chi connectivity index (χ2v) is 2.08. The molecule has 0 saturated carbocycles. The predicted molar refractivity (Wildman–Crippen MR) is 39.8 cm³/mol. The zero-order valence-electron chi connectivity index (χ0n) is 6.13. The zero-order chi connectivity index (χ0) is 8.27. The van der Waals surface area contributed by atoms with Gasteiger partial charge in [-0.3, -0.25) is 4.98 Å². The summed E-state index contributed by atoms with van der Waals surface area (Å²) in [6, 6.07) is 0. The molecule has 0 aliphatic heterocycles. The van der Waals surface area contributed by atoms with E-state index in [1.807, 2.05) is 6.92 Å². The van der Waals surface area contributed by atoms with Crippen molar-refractivity contribution in [2.24, 2.45) is 0 Å². The van der Waals surface area contributed by atoms with Crippen LogP contribution >= 0.6 is 0 Å². The van der Waals surface area contributed by atoms with Gasteiger partial charge in [-0.15, -0.1) is 0 Å². The fourth-order valence-corrected chi connectivity index (χ4v) is 0.898. The Kier molecular flexibility index (Phi) is 2.17. The number of pyridine rings is 1. The van der Waals surface area contributed by atoms with Gasteiger partial charge in [-0.1, -0.05) is 6.92 Å². The third-order valence-electron chi connectivity index (χ3n) is 1.46. The Morgan fingerprint density at radius 2 is 2.36 bits per heavy atom. The van der Waals surface area contributed by atoms with Gasteiger partial charge in [-0.25, -0.2) is 9.24 Å². The minimum absolute atomic E-state index is 0.313. The molecule has 1 aromatic rings. The van der Waals surface area contributed by atoms with E-state index >= 15 is 0 Å². The van der Waals surface area contributed by atoms with Crippen LogP contribution in [0.5, 0.6) is 0 Å². The Balaban J connectivity index is 3.27. The summed E-state index contributed by atoms with van der Waals surface area (Å²) in [6.07, 6.45) is 3.05. The van der Waals surface area contributed by atoms with E-state index in [0.717, 1.165) is 6.20 Å². The van der Waals surface area contributed by atoms with Crippen molar-refractivity contribution >= 4 is 5.69 Å². The fraction of sp³-hybridized carbons (Fsp3) is 0.250. The van der Waals surface area contributed by atoms with E-state index in [1.54, 1.807) is 0 Å². The topological polar surface area (TPSA) is 17.2 Å². The minimum Gasteiger partial charge on any atom is -0.273 e. The smallest absolute Gasteiger partial charge is 0.211 e. The maximum Gasteiger partial charge on any atom is 0.211 e. The van der Waals surface area contributed by atoms with Crippen LogP contribution in [0, 0.1) is 12.4 Å². The normalized spacial score (nSPS) is 9.18. The summed E-state index contributed by atoms with van der Waals surface area (Å²) in [6.45, 7) is 8.52. The molecule has 0 spiro atoms. The van der Waals surface area contributed by atoms with Crippen LogP contribution in [0.3, 0.4) is 0 Å². The molecular weight excluding hydrogens is 143 g/mol. The largest absolute Gasteiger partial charge is 0.273 e. The first-order valence-corrected chi connectivity index (χ1v) is 3.29. The Labute approximate surface area is 64.5 Å². The number of rotatable bonds is 1. The highest BCUT2D eigenvalue weighted by Gasteiger charge is 2.05. The average molecular weight is 150 g/mol. The molecule has 0 N–H and O–H groups in total. The lowest BCUT2D eigenvalue weighted by Gasteiger charge is -1.99. The summed E-state index contributed by atoms with van der Waals surface area (Å²) < 4.78 is 12.8. The summed E-state index contributed by atoms with van der Waals surface area (Å²) in [5.74, 6) is -0.388. The van der Waals surface area contributed by atoms with Gasteiger partial charge in [0.25, 0.3) is 0 Å². The van der Waals surface area contributed by atoms with E-state index in [9.17, 15) is 4.39 Å². The standard InChI is InChI=1S/C8H7FN2/c1-3-6-7(9)4-11-5-8(6)10-2/h4-5H,3H2,1H3. The lowest BCUT2D eigenvalue weighted by atomic mass is 10.2. The highest BCUT2D eigenvalue weighted by molar-refractivity contribution is 5.50. The van der Waals surface area contributed by atoms with Gasteiger partial charge in [-0.2, -0.15) is 0 Å². The van der Waals surface area contributed by atoms with E-state index in [2.05, 4.69) is 9.83 Å². The molecule has 56 valence electrons. The molecule has 3 heteroatoms. The van der Waals surface area contributed by atoms with Crippen LogP contribution in [0.4, 0.5) is 10.1 Å². The molecule has 0 atom stereocenters. The van der Waals surface area contributed by atoms with Crippen molar-refractivity contribution in [1.82, 2.24) is 4.98 Å². The van der Waals surface area contributed by atoms with Crippen molar-refractivity contribution in [3.8, 4) is 0 Å². The van der Waals surface area contributed by atoms with Crippen LogP contribution in [0.1, 0.15) is 12.5 Å². The molecular formula is C8H7FN2. The van der Waals surface area contributed by atoms with E-state index < -0.39 is 0 Å². The molecule has 0 saturated heterocycles. The summed E-state index contributed by atoms with van der Waals surface area (Å²) in [5.41, 5.74) is 0.766. The van der Waals surface area contributed by atoms with E-state index in [-0.39, 0.29) is 5.82 Å². The lowest BCUT2D eigenvalue weighted by molar-refractivity contribution is 0.607. The van der Waals surface area contributed by atoms with Crippen LogP contribution in [0.2, 0.25) is 0 Å². The van der Waals surface area contributed by atoms with E-state index in [4.69, 9.17) is 6.57 Å². The SMILES string of the molecule is [C-]#[N+]c1cncc(F)c1CC. The molecule has 0 bridgehead atoms. The second-order valence-electron chi connectivity index (χ2n) is 2.08. The maximum absolute atomic E-state index is 12.8. The summed E-state index contributed by atoms with van der Waals surface area (Å²) in [7, 11) is 0. The summed E-state index contributed by atoms with van der Waals surface area (Å²) >= 11 is 0. The van der Waals surface area contributed by atoms with Gasteiger partial charge in [0, 0.05) is 6.20 Å². The number of hydrogen-bond donors (Lipinski definition) is 0. The molecule has 1 aromatic heterocycles. The molecule has 0 aromatic carbocycles. The minimum atomic E-state index is -0.388. The third kappa shape index (κ3) is 1.35. The monoisotopic (exact) mass is 150 g/mol. The fourth-order valence-electron chi connectivity index (χ4n) is 0.898. The number of hydrogen-bond acceptors (Lipinski definition) is 1. The molecule has 0 fully saturated rings. The van der Waals surface area contributed by atoms with Crippen LogP contribution in [-0.4, -0.2) is 4.98 Å². The summed E-state index contributed by atoms with van der Waals surface area (Å²) in [4.78, 5) is 6.72. The Morgan fingerprint density at radius 3 is 2.82 bits per heavy atom. The molecule has 0 aliphatic carbocycles. The molecule has 1 rings (SSSR count). The van der Waals surface area contributed by atoms with Crippen molar-refractivity contribution in [2.45, 2.75) is 13.3 Å². The molecule has 1 heterocycles. The lowest BCUT2D eigenvalue weighted by Crippen LogP contribution is -1.88. The van der Waals surface area contributed by atoms with Crippen LogP contribution in [0.15, 0.2) is 12.4 Å². The van der Waals surface area contributed by atoms with E-state index in [0.29, 0.717) is 17.7 Å². The molecule has 0 unspecified atom stereocenters. The van der Waals surface area contributed by atoms with E-state index in [1.165, 1.54) is 6.20 Å². The van der Waals surface area contributed by atoms with Crippen LogP contribution in [0.25, 0.3) is 4.85 Å². The first-order chi connectivity index (χ1) is 5.29. The first-order valence-electron chi connectivity index (χ1n) is 3.29. The van der Waals surface area contributed by atoms with Gasteiger partial charge in [0.1, 0.15) is 5.82 Å². The zero-order valence-corrected chi connectivity index (χ0v) is 6.13. The first kappa shape index (κ1) is 7.67. The average Bonchev–Trinajstić information content (AvgIpc) is 2.04. The quantitative estimate of drug-likeness (QED) is 0.561. The highest BCUT2D eigenvalue weighted by atomic mass is 19.1. The van der Waals surface area contributed by atoms with Gasteiger partial charge in [0.2, 0.25) is 5.69 Å². The van der Waals surface area contributed by atoms with Crippen molar-refractivity contribution in [1.29, 1.82) is 0 Å². The van der Waals surface area contributed by atoms with Gasteiger partial charge in [-0.05, 0) is 12.0 Å². The number of nitrogens with zero attached hydrogens (tertiary/aromatic N) is 2. The molecule has 0 amide bonds. The van der Waals surface area contributed by atoms with Crippen molar-refractivity contribution < 1.29 is 4.39 Å². The summed E-state index contributed by atoms with van der Waals surface area (Å²) in [5, 5.41) is 0. The molecule has 0 aliphatic rings. The number of halogens is 1. The molecule has 0 radical (unpaired) electrons. The highest BCUT2D eigenvalue weighted by Crippen LogP contribution is 2.20. The van der Waals surface area contributed by atoms with Gasteiger partial charge >= 0.3 is 0 Å². The Bertz CT molecular complexity index is 301.